The lowest BCUT2D eigenvalue weighted by atomic mass is 9.76. The lowest BCUT2D eigenvalue weighted by Crippen LogP contribution is -2.49. The molecule has 1 aromatic rings. The second-order valence-electron chi connectivity index (χ2n) is 7.75. The number of halogens is 1. The van der Waals surface area contributed by atoms with Crippen LogP contribution < -0.4 is 10.6 Å². The van der Waals surface area contributed by atoms with Crippen molar-refractivity contribution in [2.45, 2.75) is 46.0 Å². The van der Waals surface area contributed by atoms with E-state index in [4.69, 9.17) is 4.99 Å². The number of nitrogens with zero attached hydrogens (tertiary/aromatic N) is 3. The van der Waals surface area contributed by atoms with Crippen LogP contribution in [-0.2, 0) is 5.41 Å². The first-order valence-electron chi connectivity index (χ1n) is 11.2. The Morgan fingerprint density at radius 3 is 2.10 bits per heavy atom. The maximum atomic E-state index is 4.98. The highest BCUT2D eigenvalue weighted by molar-refractivity contribution is 14.0. The van der Waals surface area contributed by atoms with Crippen molar-refractivity contribution in [2.75, 3.05) is 58.9 Å². The molecule has 6 heteroatoms. The van der Waals surface area contributed by atoms with Gasteiger partial charge in [-0.2, -0.15) is 0 Å². The van der Waals surface area contributed by atoms with Crippen LogP contribution in [0.1, 0.15) is 46.1 Å². The Labute approximate surface area is 195 Å². The van der Waals surface area contributed by atoms with Gasteiger partial charge in [-0.3, -0.25) is 9.89 Å². The molecule has 0 saturated carbocycles. The van der Waals surface area contributed by atoms with Crippen LogP contribution in [0.2, 0.25) is 0 Å². The molecule has 1 saturated heterocycles. The maximum absolute atomic E-state index is 4.98. The van der Waals surface area contributed by atoms with Crippen LogP contribution in [0.3, 0.4) is 0 Å². The fourth-order valence-corrected chi connectivity index (χ4v) is 4.00. The molecule has 0 aliphatic carbocycles. The highest BCUT2D eigenvalue weighted by Gasteiger charge is 2.28. The summed E-state index contributed by atoms with van der Waals surface area (Å²) in [5.41, 5.74) is 1.51. The number of likely N-dealkylation sites (N-methyl/N-ethyl adjacent to an activating group) is 1. The smallest absolute Gasteiger partial charge is 0.191 e. The van der Waals surface area contributed by atoms with Crippen LogP contribution in [0, 0.1) is 0 Å². The number of hydrogen-bond donors (Lipinski definition) is 2. The van der Waals surface area contributed by atoms with Crippen molar-refractivity contribution in [2.24, 2.45) is 4.99 Å². The fraction of sp³-hybridized carbons (Fsp3) is 0.696. The van der Waals surface area contributed by atoms with Gasteiger partial charge in [-0.25, -0.2) is 0 Å². The van der Waals surface area contributed by atoms with Crippen molar-refractivity contribution < 1.29 is 0 Å². The van der Waals surface area contributed by atoms with Gasteiger partial charge < -0.3 is 15.5 Å². The Balaban J connectivity index is 0.00000420. The van der Waals surface area contributed by atoms with Crippen LogP contribution in [0.25, 0.3) is 0 Å². The summed E-state index contributed by atoms with van der Waals surface area (Å²) in [6.07, 6.45) is 2.19. The summed E-state index contributed by atoms with van der Waals surface area (Å²) in [5.74, 6) is 0.942. The molecular weight excluding hydrogens is 473 g/mol. The molecule has 0 amide bonds. The summed E-state index contributed by atoms with van der Waals surface area (Å²) < 4.78 is 0. The molecular formula is C23H42IN5. The Bertz CT molecular complexity index is 566. The number of aliphatic imine (C=N–C) groups is 1. The molecule has 0 bridgehead atoms. The van der Waals surface area contributed by atoms with E-state index in [9.17, 15) is 0 Å². The fourth-order valence-electron chi connectivity index (χ4n) is 4.00. The average molecular weight is 516 g/mol. The van der Waals surface area contributed by atoms with Gasteiger partial charge in [0.2, 0.25) is 0 Å². The minimum absolute atomic E-state index is 0. The summed E-state index contributed by atoms with van der Waals surface area (Å²) in [6.45, 7) is 18.6. The number of nitrogens with one attached hydrogen (secondary N) is 2. The van der Waals surface area contributed by atoms with Crippen LogP contribution >= 0.6 is 24.0 Å². The standard InChI is InChI=1S/C23H41N5.HI/c1-5-23(6-2,21-12-10-9-11-13-21)20-26-22(24-7-3)25-14-15-28-18-16-27(8-4)17-19-28;/h9-13H,5-8,14-20H2,1-4H3,(H2,24,25,26);1H. The van der Waals surface area contributed by atoms with E-state index in [2.05, 4.69) is 78.5 Å². The molecule has 0 radical (unpaired) electrons. The van der Waals surface area contributed by atoms with E-state index in [0.29, 0.717) is 0 Å². The molecule has 0 aromatic heterocycles. The molecule has 29 heavy (non-hydrogen) atoms. The van der Waals surface area contributed by atoms with Crippen LogP contribution in [0.4, 0.5) is 0 Å². The van der Waals surface area contributed by atoms with Gasteiger partial charge in [0.15, 0.2) is 5.96 Å². The van der Waals surface area contributed by atoms with E-state index < -0.39 is 0 Å². The molecule has 0 atom stereocenters. The topological polar surface area (TPSA) is 42.9 Å². The molecule has 2 rings (SSSR count). The third-order valence-electron chi connectivity index (χ3n) is 6.26. The third kappa shape index (κ3) is 8.06. The maximum Gasteiger partial charge on any atom is 0.191 e. The van der Waals surface area contributed by atoms with Crippen molar-refractivity contribution >= 4 is 29.9 Å². The zero-order chi connectivity index (χ0) is 20.2. The third-order valence-corrected chi connectivity index (χ3v) is 6.26. The van der Waals surface area contributed by atoms with Gasteiger partial charge in [-0.1, -0.05) is 51.1 Å². The predicted octanol–water partition coefficient (Wildman–Crippen LogP) is 3.56. The molecule has 1 aliphatic rings. The second kappa shape index (κ2) is 14.2. The van der Waals surface area contributed by atoms with Crippen LogP contribution in [0.15, 0.2) is 35.3 Å². The minimum atomic E-state index is 0. The second-order valence-corrected chi connectivity index (χ2v) is 7.75. The first-order valence-corrected chi connectivity index (χ1v) is 11.2. The molecule has 0 spiro atoms. The van der Waals surface area contributed by atoms with Crippen molar-refractivity contribution in [1.82, 2.24) is 20.4 Å². The molecule has 1 heterocycles. The van der Waals surface area contributed by atoms with E-state index in [-0.39, 0.29) is 29.4 Å². The highest BCUT2D eigenvalue weighted by atomic mass is 127. The van der Waals surface area contributed by atoms with Gasteiger partial charge in [0, 0.05) is 51.2 Å². The van der Waals surface area contributed by atoms with E-state index in [1.807, 2.05) is 0 Å². The number of hydrogen-bond acceptors (Lipinski definition) is 3. The first kappa shape index (κ1) is 26.2. The largest absolute Gasteiger partial charge is 0.357 e. The van der Waals surface area contributed by atoms with E-state index in [1.165, 1.54) is 38.3 Å². The molecule has 5 nitrogen and oxygen atoms in total. The average Bonchev–Trinajstić information content (AvgIpc) is 2.76. The molecule has 1 aromatic carbocycles. The van der Waals surface area contributed by atoms with Crippen molar-refractivity contribution in [1.29, 1.82) is 0 Å². The van der Waals surface area contributed by atoms with Gasteiger partial charge in [-0.05, 0) is 31.9 Å². The van der Waals surface area contributed by atoms with E-state index in [1.54, 1.807) is 0 Å². The van der Waals surface area contributed by atoms with Crippen molar-refractivity contribution in [3.8, 4) is 0 Å². The summed E-state index contributed by atoms with van der Waals surface area (Å²) >= 11 is 0. The normalized spacial score (nSPS) is 16.3. The number of piperazine rings is 1. The number of rotatable bonds is 10. The Morgan fingerprint density at radius 1 is 0.931 bits per heavy atom. The van der Waals surface area contributed by atoms with Crippen molar-refractivity contribution in [3.63, 3.8) is 0 Å². The number of guanidine groups is 1. The Hall–Kier alpha value is -0.860. The summed E-state index contributed by atoms with van der Waals surface area (Å²) in [7, 11) is 0. The van der Waals surface area contributed by atoms with E-state index in [0.717, 1.165) is 45.0 Å². The predicted molar refractivity (Wildman–Crippen MR) is 137 cm³/mol. The minimum Gasteiger partial charge on any atom is -0.357 e. The summed E-state index contributed by atoms with van der Waals surface area (Å²) in [5, 5.41) is 6.97. The lowest BCUT2D eigenvalue weighted by molar-refractivity contribution is 0.139. The quantitative estimate of drug-likeness (QED) is 0.284. The molecule has 2 N–H and O–H groups in total. The molecule has 1 aliphatic heterocycles. The monoisotopic (exact) mass is 515 g/mol. The Kier molecular flexibility index (Phi) is 12.8. The highest BCUT2D eigenvalue weighted by Crippen LogP contribution is 2.31. The van der Waals surface area contributed by atoms with Crippen molar-refractivity contribution in [3.05, 3.63) is 35.9 Å². The Morgan fingerprint density at radius 2 is 1.55 bits per heavy atom. The summed E-state index contributed by atoms with van der Waals surface area (Å²) in [4.78, 5) is 10.1. The summed E-state index contributed by atoms with van der Waals surface area (Å²) in [6, 6.07) is 10.9. The zero-order valence-electron chi connectivity index (χ0n) is 18.9. The van der Waals surface area contributed by atoms with Gasteiger partial charge in [0.05, 0.1) is 6.54 Å². The zero-order valence-corrected chi connectivity index (χ0v) is 21.2. The van der Waals surface area contributed by atoms with Gasteiger partial charge in [0.25, 0.3) is 0 Å². The van der Waals surface area contributed by atoms with Gasteiger partial charge in [0.1, 0.15) is 0 Å². The molecule has 1 fully saturated rings. The van der Waals surface area contributed by atoms with Crippen LogP contribution in [0.5, 0.6) is 0 Å². The van der Waals surface area contributed by atoms with Crippen LogP contribution in [-0.4, -0.2) is 74.7 Å². The van der Waals surface area contributed by atoms with E-state index >= 15 is 0 Å². The number of benzene rings is 1. The molecule has 166 valence electrons. The van der Waals surface area contributed by atoms with Gasteiger partial charge in [-0.15, -0.1) is 24.0 Å². The SMILES string of the molecule is CCNC(=NCC(CC)(CC)c1ccccc1)NCCN1CCN(CC)CC1.I. The van der Waals surface area contributed by atoms with Gasteiger partial charge >= 0.3 is 0 Å². The first-order chi connectivity index (χ1) is 13.7. The lowest BCUT2D eigenvalue weighted by Gasteiger charge is -2.34. The molecule has 0 unspecified atom stereocenters.